The van der Waals surface area contributed by atoms with E-state index in [1.807, 2.05) is 13.2 Å². The van der Waals surface area contributed by atoms with E-state index in [0.29, 0.717) is 5.69 Å². The van der Waals surface area contributed by atoms with Gasteiger partial charge in [0.2, 0.25) is 5.76 Å². The smallest absolute Gasteiger partial charge is 0.298 e. The van der Waals surface area contributed by atoms with Crippen LogP contribution in [-0.4, -0.2) is 22.7 Å². The molecule has 1 aromatic rings. The van der Waals surface area contributed by atoms with Crippen LogP contribution in [0.5, 0.6) is 0 Å². The van der Waals surface area contributed by atoms with Crippen LogP contribution in [0.1, 0.15) is 44.7 Å². The van der Waals surface area contributed by atoms with E-state index in [2.05, 4.69) is 28.8 Å². The van der Waals surface area contributed by atoms with E-state index in [9.17, 15) is 8.78 Å². The van der Waals surface area contributed by atoms with Crippen LogP contribution in [0.2, 0.25) is 0 Å². The number of rotatable bonds is 6. The maximum Gasteiger partial charge on any atom is 0.298 e. The molecule has 0 fully saturated rings. The van der Waals surface area contributed by atoms with Gasteiger partial charge in [-0.15, -0.1) is 0 Å². The summed E-state index contributed by atoms with van der Waals surface area (Å²) in [4.78, 5) is 0. The van der Waals surface area contributed by atoms with E-state index in [0.717, 1.165) is 6.54 Å². The number of nitrogens with one attached hydrogen (secondary N) is 1. The SMILES string of the molecule is CSC(C)(C)CNC(C)c1cc(C(F)F)on1. The van der Waals surface area contributed by atoms with E-state index < -0.39 is 6.43 Å². The quantitative estimate of drug-likeness (QED) is 0.854. The summed E-state index contributed by atoms with van der Waals surface area (Å²) in [7, 11) is 0. The number of thioether (sulfide) groups is 1. The Morgan fingerprint density at radius 2 is 2.18 bits per heavy atom. The zero-order valence-corrected chi connectivity index (χ0v) is 11.3. The summed E-state index contributed by atoms with van der Waals surface area (Å²) in [5.41, 5.74) is 0.511. The average Bonchev–Trinajstić information content (AvgIpc) is 2.75. The summed E-state index contributed by atoms with van der Waals surface area (Å²) >= 11 is 1.75. The molecule has 0 aliphatic heterocycles. The molecule has 0 amide bonds. The third-order valence-electron chi connectivity index (χ3n) is 2.59. The average molecular weight is 264 g/mol. The highest BCUT2D eigenvalue weighted by Crippen LogP contribution is 2.24. The van der Waals surface area contributed by atoms with E-state index in [4.69, 9.17) is 0 Å². The van der Waals surface area contributed by atoms with Crippen molar-refractivity contribution in [3.05, 3.63) is 17.5 Å². The predicted octanol–water partition coefficient (Wildman–Crippen LogP) is 3.40. The monoisotopic (exact) mass is 264 g/mol. The Morgan fingerprint density at radius 3 is 2.65 bits per heavy atom. The minimum absolute atomic E-state index is 0.0994. The summed E-state index contributed by atoms with van der Waals surface area (Å²) < 4.78 is 29.3. The van der Waals surface area contributed by atoms with Crippen molar-refractivity contribution in [1.29, 1.82) is 0 Å². The van der Waals surface area contributed by atoms with Crippen LogP contribution >= 0.6 is 11.8 Å². The number of halogens is 2. The summed E-state index contributed by atoms with van der Waals surface area (Å²) in [6.07, 6.45) is -0.566. The molecule has 0 radical (unpaired) electrons. The molecule has 1 rings (SSSR count). The molecule has 0 saturated carbocycles. The number of aromatic nitrogens is 1. The predicted molar refractivity (Wildman–Crippen MR) is 65.5 cm³/mol. The third-order valence-corrected chi connectivity index (χ3v) is 3.84. The van der Waals surface area contributed by atoms with Gasteiger partial charge in [0.15, 0.2) is 0 Å². The van der Waals surface area contributed by atoms with Crippen molar-refractivity contribution in [3.8, 4) is 0 Å². The number of nitrogens with zero attached hydrogens (tertiary/aromatic N) is 1. The second-order valence-electron chi connectivity index (χ2n) is 4.52. The summed E-state index contributed by atoms with van der Waals surface area (Å²) in [5.74, 6) is -0.377. The molecule has 1 atom stereocenters. The van der Waals surface area contributed by atoms with Gasteiger partial charge in [-0.3, -0.25) is 0 Å². The van der Waals surface area contributed by atoms with E-state index in [1.165, 1.54) is 6.07 Å². The first kappa shape index (κ1) is 14.4. The van der Waals surface area contributed by atoms with Gasteiger partial charge in [-0.1, -0.05) is 5.16 Å². The van der Waals surface area contributed by atoms with E-state index in [1.54, 1.807) is 11.8 Å². The molecule has 98 valence electrons. The van der Waals surface area contributed by atoms with E-state index >= 15 is 0 Å². The molecule has 0 bridgehead atoms. The highest BCUT2D eigenvalue weighted by Gasteiger charge is 2.20. The molecule has 1 heterocycles. The zero-order chi connectivity index (χ0) is 13.1. The number of hydrogen-bond donors (Lipinski definition) is 1. The molecule has 0 spiro atoms. The number of alkyl halides is 2. The molecule has 17 heavy (non-hydrogen) atoms. The van der Waals surface area contributed by atoms with Crippen LogP contribution in [0.3, 0.4) is 0 Å². The van der Waals surface area contributed by atoms with Gasteiger partial charge in [-0.2, -0.15) is 11.8 Å². The Bertz CT molecular complexity index is 355. The lowest BCUT2D eigenvalue weighted by Gasteiger charge is -2.24. The minimum Gasteiger partial charge on any atom is -0.355 e. The Morgan fingerprint density at radius 1 is 1.53 bits per heavy atom. The van der Waals surface area contributed by atoms with Crippen molar-refractivity contribution in [2.45, 2.75) is 38.0 Å². The van der Waals surface area contributed by atoms with Gasteiger partial charge in [-0.25, -0.2) is 8.78 Å². The van der Waals surface area contributed by atoms with Crippen LogP contribution in [0, 0.1) is 0 Å². The van der Waals surface area contributed by atoms with Gasteiger partial charge >= 0.3 is 0 Å². The van der Waals surface area contributed by atoms with Gasteiger partial charge in [0.1, 0.15) is 5.69 Å². The van der Waals surface area contributed by atoms with Crippen molar-refractivity contribution < 1.29 is 13.3 Å². The molecular formula is C11H18F2N2OS. The van der Waals surface area contributed by atoms with Gasteiger partial charge < -0.3 is 9.84 Å². The molecular weight excluding hydrogens is 246 g/mol. The molecule has 6 heteroatoms. The van der Waals surface area contributed by atoms with Gasteiger partial charge in [0.05, 0.1) is 6.04 Å². The van der Waals surface area contributed by atoms with Crippen molar-refractivity contribution in [1.82, 2.24) is 10.5 Å². The second kappa shape index (κ2) is 5.82. The summed E-state index contributed by atoms with van der Waals surface area (Å²) in [6, 6.07) is 1.20. The maximum atomic E-state index is 12.3. The number of hydrogen-bond acceptors (Lipinski definition) is 4. The lowest BCUT2D eigenvalue weighted by molar-refractivity contribution is 0.112. The first-order chi connectivity index (χ1) is 7.85. The van der Waals surface area contributed by atoms with E-state index in [-0.39, 0.29) is 16.5 Å². The standard InChI is InChI=1S/C11H18F2N2OS/c1-7(14-6-11(2,3)17-4)8-5-9(10(12)13)16-15-8/h5,7,10,14H,6H2,1-4H3. The van der Waals surface area contributed by atoms with Crippen LogP contribution in [-0.2, 0) is 0 Å². The molecule has 1 unspecified atom stereocenters. The molecule has 1 aromatic heterocycles. The second-order valence-corrected chi connectivity index (χ2v) is 6.03. The first-order valence-electron chi connectivity index (χ1n) is 5.39. The first-order valence-corrected chi connectivity index (χ1v) is 6.61. The normalized spacial score (nSPS) is 14.3. The van der Waals surface area contributed by atoms with Crippen LogP contribution < -0.4 is 5.32 Å². The highest BCUT2D eigenvalue weighted by atomic mass is 32.2. The topological polar surface area (TPSA) is 38.1 Å². The maximum absolute atomic E-state index is 12.3. The Hall–Kier alpha value is -0.620. The highest BCUT2D eigenvalue weighted by molar-refractivity contribution is 7.99. The molecule has 0 aliphatic carbocycles. The molecule has 1 N–H and O–H groups in total. The molecule has 0 saturated heterocycles. The fourth-order valence-corrected chi connectivity index (χ4v) is 1.41. The molecule has 0 aromatic carbocycles. The van der Waals surface area contributed by atoms with Crippen LogP contribution in [0.25, 0.3) is 0 Å². The molecule has 3 nitrogen and oxygen atoms in total. The Balaban J connectivity index is 2.55. The van der Waals surface area contributed by atoms with Gasteiger partial charge in [0.25, 0.3) is 6.43 Å². The van der Waals surface area contributed by atoms with Crippen molar-refractivity contribution >= 4 is 11.8 Å². The van der Waals surface area contributed by atoms with Crippen LogP contribution in [0.4, 0.5) is 8.78 Å². The van der Waals surface area contributed by atoms with Crippen molar-refractivity contribution in [2.75, 3.05) is 12.8 Å². The fraction of sp³-hybridized carbons (Fsp3) is 0.727. The van der Waals surface area contributed by atoms with Crippen molar-refractivity contribution in [2.24, 2.45) is 0 Å². The summed E-state index contributed by atoms with van der Waals surface area (Å²) in [5, 5.41) is 6.89. The minimum atomic E-state index is -2.61. The summed E-state index contributed by atoms with van der Waals surface area (Å²) in [6.45, 7) is 6.88. The third kappa shape index (κ3) is 4.27. The fourth-order valence-electron chi connectivity index (χ4n) is 1.19. The molecule has 0 aliphatic rings. The lowest BCUT2D eigenvalue weighted by Crippen LogP contribution is -2.33. The Labute approximate surface area is 104 Å². The lowest BCUT2D eigenvalue weighted by atomic mass is 10.1. The zero-order valence-electron chi connectivity index (χ0n) is 10.5. The van der Waals surface area contributed by atoms with Gasteiger partial charge in [-0.05, 0) is 27.0 Å². The van der Waals surface area contributed by atoms with Crippen molar-refractivity contribution in [3.63, 3.8) is 0 Å². The largest absolute Gasteiger partial charge is 0.355 e. The van der Waals surface area contributed by atoms with Gasteiger partial charge in [0, 0.05) is 17.4 Å². The Kier molecular flexibility index (Phi) is 4.94. The van der Waals surface area contributed by atoms with Crippen LogP contribution in [0.15, 0.2) is 10.6 Å².